The van der Waals surface area contributed by atoms with Crippen molar-refractivity contribution in [3.05, 3.63) is 37.8 Å². The van der Waals surface area contributed by atoms with Crippen LogP contribution >= 0.6 is 15.9 Å². The SMILES string of the molecule is O=[N+]([O-])c1cc2c(cc1Br)CCNC2. The van der Waals surface area contributed by atoms with Crippen molar-refractivity contribution in [1.82, 2.24) is 5.32 Å². The number of hydrogen-bond acceptors (Lipinski definition) is 3. The zero-order chi connectivity index (χ0) is 10.1. The normalized spacial score (nSPS) is 14.9. The molecule has 0 fully saturated rings. The third kappa shape index (κ3) is 1.65. The van der Waals surface area contributed by atoms with Gasteiger partial charge in [-0.1, -0.05) is 0 Å². The van der Waals surface area contributed by atoms with Gasteiger partial charge in [0.1, 0.15) is 0 Å². The summed E-state index contributed by atoms with van der Waals surface area (Å²) in [6.07, 6.45) is 0.936. The van der Waals surface area contributed by atoms with E-state index in [1.807, 2.05) is 6.07 Å². The number of hydrogen-bond donors (Lipinski definition) is 1. The average Bonchev–Trinajstić information content (AvgIpc) is 2.16. The Bertz CT molecular complexity index is 393. The van der Waals surface area contributed by atoms with Gasteiger partial charge < -0.3 is 5.32 Å². The Balaban J connectivity index is 2.50. The molecule has 0 aliphatic carbocycles. The van der Waals surface area contributed by atoms with Crippen molar-refractivity contribution in [2.75, 3.05) is 6.54 Å². The Morgan fingerprint density at radius 1 is 1.43 bits per heavy atom. The van der Waals surface area contributed by atoms with E-state index in [1.54, 1.807) is 6.07 Å². The summed E-state index contributed by atoms with van der Waals surface area (Å²) in [6.45, 7) is 1.67. The summed E-state index contributed by atoms with van der Waals surface area (Å²) >= 11 is 3.21. The molecule has 5 heteroatoms. The molecule has 0 saturated carbocycles. The summed E-state index contributed by atoms with van der Waals surface area (Å²) in [5.74, 6) is 0. The molecule has 1 aromatic rings. The highest BCUT2D eigenvalue weighted by Crippen LogP contribution is 2.29. The number of nitrogens with zero attached hydrogens (tertiary/aromatic N) is 1. The molecule has 0 aromatic heterocycles. The van der Waals surface area contributed by atoms with Crippen molar-refractivity contribution in [1.29, 1.82) is 0 Å². The largest absolute Gasteiger partial charge is 0.312 e. The van der Waals surface area contributed by atoms with Gasteiger partial charge in [-0.25, -0.2) is 0 Å². The van der Waals surface area contributed by atoms with E-state index in [1.165, 1.54) is 5.56 Å². The van der Waals surface area contributed by atoms with Crippen LogP contribution in [-0.4, -0.2) is 11.5 Å². The number of fused-ring (bicyclic) bond motifs is 1. The molecule has 0 unspecified atom stereocenters. The number of nitrogens with one attached hydrogen (secondary N) is 1. The van der Waals surface area contributed by atoms with Gasteiger partial charge in [-0.05, 0) is 46.1 Å². The van der Waals surface area contributed by atoms with Crippen LogP contribution in [0.2, 0.25) is 0 Å². The van der Waals surface area contributed by atoms with Crippen LogP contribution in [0.4, 0.5) is 5.69 Å². The maximum atomic E-state index is 10.7. The number of rotatable bonds is 1. The van der Waals surface area contributed by atoms with Gasteiger partial charge in [0.05, 0.1) is 9.40 Å². The second kappa shape index (κ2) is 3.67. The Morgan fingerprint density at radius 2 is 2.21 bits per heavy atom. The van der Waals surface area contributed by atoms with Crippen LogP contribution in [0.5, 0.6) is 0 Å². The van der Waals surface area contributed by atoms with E-state index in [0.29, 0.717) is 4.47 Å². The maximum absolute atomic E-state index is 10.7. The summed E-state index contributed by atoms with van der Waals surface area (Å²) in [5.41, 5.74) is 2.37. The van der Waals surface area contributed by atoms with Gasteiger partial charge >= 0.3 is 0 Å². The number of nitro benzene ring substituents is 1. The predicted molar refractivity (Wildman–Crippen MR) is 56.2 cm³/mol. The maximum Gasteiger partial charge on any atom is 0.283 e. The monoisotopic (exact) mass is 256 g/mol. The van der Waals surface area contributed by atoms with Crippen molar-refractivity contribution in [2.45, 2.75) is 13.0 Å². The fourth-order valence-electron chi connectivity index (χ4n) is 1.63. The molecule has 1 heterocycles. The quantitative estimate of drug-likeness (QED) is 0.618. The predicted octanol–water partition coefficient (Wildman–Crippen LogP) is 2.00. The molecule has 2 rings (SSSR count). The van der Waals surface area contributed by atoms with Crippen LogP contribution in [0.1, 0.15) is 11.1 Å². The average molecular weight is 257 g/mol. The Morgan fingerprint density at radius 3 is 2.93 bits per heavy atom. The van der Waals surface area contributed by atoms with Crippen LogP contribution < -0.4 is 5.32 Å². The van der Waals surface area contributed by atoms with Crippen LogP contribution in [0.25, 0.3) is 0 Å². The smallest absolute Gasteiger partial charge is 0.283 e. The first-order valence-corrected chi connectivity index (χ1v) is 5.14. The molecule has 1 N–H and O–H groups in total. The minimum atomic E-state index is -0.362. The topological polar surface area (TPSA) is 55.2 Å². The van der Waals surface area contributed by atoms with Crippen LogP contribution in [0.3, 0.4) is 0 Å². The van der Waals surface area contributed by atoms with Crippen LogP contribution in [0.15, 0.2) is 16.6 Å². The van der Waals surface area contributed by atoms with E-state index >= 15 is 0 Å². The number of benzene rings is 1. The summed E-state index contributed by atoms with van der Waals surface area (Å²) in [7, 11) is 0. The van der Waals surface area contributed by atoms with E-state index in [0.717, 1.165) is 25.1 Å². The van der Waals surface area contributed by atoms with Gasteiger partial charge in [-0.15, -0.1) is 0 Å². The molecular formula is C9H9BrN2O2. The van der Waals surface area contributed by atoms with Gasteiger partial charge in [0, 0.05) is 12.6 Å². The molecule has 1 aliphatic heterocycles. The lowest BCUT2D eigenvalue weighted by Gasteiger charge is -2.16. The van der Waals surface area contributed by atoms with Gasteiger partial charge in [-0.3, -0.25) is 10.1 Å². The van der Waals surface area contributed by atoms with Crippen molar-refractivity contribution >= 4 is 21.6 Å². The fraction of sp³-hybridized carbons (Fsp3) is 0.333. The highest BCUT2D eigenvalue weighted by atomic mass is 79.9. The van der Waals surface area contributed by atoms with E-state index < -0.39 is 0 Å². The highest BCUT2D eigenvalue weighted by molar-refractivity contribution is 9.10. The molecule has 0 saturated heterocycles. The standard InChI is InChI=1S/C9H9BrN2O2/c10-8-3-6-1-2-11-5-7(6)4-9(8)12(13)14/h3-4,11H,1-2,5H2. The third-order valence-corrected chi connectivity index (χ3v) is 2.99. The molecule has 1 aromatic carbocycles. The zero-order valence-corrected chi connectivity index (χ0v) is 9.00. The highest BCUT2D eigenvalue weighted by Gasteiger charge is 2.17. The van der Waals surface area contributed by atoms with E-state index in [-0.39, 0.29) is 10.6 Å². The van der Waals surface area contributed by atoms with Gasteiger partial charge in [0.15, 0.2) is 0 Å². The minimum Gasteiger partial charge on any atom is -0.312 e. The molecular weight excluding hydrogens is 248 g/mol. The lowest BCUT2D eigenvalue weighted by molar-refractivity contribution is -0.385. The molecule has 4 nitrogen and oxygen atoms in total. The zero-order valence-electron chi connectivity index (χ0n) is 7.42. The molecule has 0 amide bonds. The molecule has 0 bridgehead atoms. The first-order valence-electron chi connectivity index (χ1n) is 4.35. The van der Waals surface area contributed by atoms with Crippen molar-refractivity contribution < 1.29 is 4.92 Å². The van der Waals surface area contributed by atoms with Gasteiger partial charge in [0.2, 0.25) is 0 Å². The summed E-state index contributed by atoms with van der Waals surface area (Å²) < 4.78 is 0.572. The second-order valence-corrected chi connectivity index (χ2v) is 4.11. The third-order valence-electron chi connectivity index (χ3n) is 2.35. The van der Waals surface area contributed by atoms with Crippen molar-refractivity contribution in [3.63, 3.8) is 0 Å². The second-order valence-electron chi connectivity index (χ2n) is 3.26. The summed E-state index contributed by atoms with van der Waals surface area (Å²) in [6, 6.07) is 3.50. The van der Waals surface area contributed by atoms with E-state index in [4.69, 9.17) is 0 Å². The summed E-state index contributed by atoms with van der Waals surface area (Å²) in [5, 5.41) is 13.9. The molecule has 1 aliphatic rings. The first-order chi connectivity index (χ1) is 6.68. The molecule has 14 heavy (non-hydrogen) atoms. The molecule has 0 spiro atoms. The number of halogens is 1. The van der Waals surface area contributed by atoms with Crippen molar-refractivity contribution in [2.24, 2.45) is 0 Å². The Hall–Kier alpha value is -0.940. The van der Waals surface area contributed by atoms with E-state index in [2.05, 4.69) is 21.2 Å². The Kier molecular flexibility index (Phi) is 2.52. The first kappa shape index (κ1) is 9.61. The van der Waals surface area contributed by atoms with Crippen molar-refractivity contribution in [3.8, 4) is 0 Å². The lowest BCUT2D eigenvalue weighted by Crippen LogP contribution is -2.23. The van der Waals surface area contributed by atoms with E-state index in [9.17, 15) is 10.1 Å². The lowest BCUT2D eigenvalue weighted by atomic mass is 10.0. The Labute approximate surface area is 89.6 Å². The summed E-state index contributed by atoms with van der Waals surface area (Å²) in [4.78, 5) is 10.3. The molecule has 0 radical (unpaired) electrons. The number of nitro groups is 1. The van der Waals surface area contributed by atoms with Crippen LogP contribution in [-0.2, 0) is 13.0 Å². The fourth-order valence-corrected chi connectivity index (χ4v) is 2.17. The van der Waals surface area contributed by atoms with Crippen LogP contribution in [0, 0.1) is 10.1 Å². The minimum absolute atomic E-state index is 0.146. The van der Waals surface area contributed by atoms with Gasteiger partial charge in [-0.2, -0.15) is 0 Å². The molecule has 74 valence electrons. The molecule has 0 atom stereocenters. The van der Waals surface area contributed by atoms with Gasteiger partial charge in [0.25, 0.3) is 5.69 Å².